The van der Waals surface area contributed by atoms with Gasteiger partial charge in [-0.25, -0.2) is 4.68 Å². The quantitative estimate of drug-likeness (QED) is 0.822. The maximum absolute atomic E-state index is 12.1. The summed E-state index contributed by atoms with van der Waals surface area (Å²) in [5.41, 5.74) is -0.647. The van der Waals surface area contributed by atoms with Gasteiger partial charge in [0.15, 0.2) is 0 Å². The second-order valence-electron chi connectivity index (χ2n) is 4.13. The van der Waals surface area contributed by atoms with Gasteiger partial charge >= 0.3 is 0 Å². The van der Waals surface area contributed by atoms with Crippen molar-refractivity contribution in [2.24, 2.45) is 0 Å². The number of rotatable bonds is 6. The van der Waals surface area contributed by atoms with Gasteiger partial charge in [-0.05, 0) is 13.8 Å². The molecule has 1 N–H and O–H groups in total. The third-order valence-electron chi connectivity index (χ3n) is 2.67. The van der Waals surface area contributed by atoms with Crippen molar-refractivity contribution in [3.8, 4) is 0 Å². The number of carbonyl (C=O) groups is 2. The highest BCUT2D eigenvalue weighted by Gasteiger charge is 2.17. The maximum atomic E-state index is 12.1. The van der Waals surface area contributed by atoms with Crippen LogP contribution in [0.1, 0.15) is 13.8 Å². The smallest absolute Gasteiger partial charge is 0.287 e. The molecule has 21 heavy (non-hydrogen) atoms. The van der Waals surface area contributed by atoms with Crippen molar-refractivity contribution < 1.29 is 9.59 Å². The SMILES string of the molecule is CCNC(=O)CN(CC)C(=O)Cn1ncc(Cl)c(Cl)c1=O. The Labute approximate surface area is 131 Å². The Morgan fingerprint density at radius 3 is 2.62 bits per heavy atom. The van der Waals surface area contributed by atoms with E-state index in [1.807, 2.05) is 0 Å². The monoisotopic (exact) mass is 334 g/mol. The van der Waals surface area contributed by atoms with Gasteiger partial charge in [0, 0.05) is 13.1 Å². The van der Waals surface area contributed by atoms with Crippen molar-refractivity contribution in [3.05, 3.63) is 26.6 Å². The van der Waals surface area contributed by atoms with Crippen LogP contribution in [0.2, 0.25) is 10.0 Å². The summed E-state index contributed by atoms with van der Waals surface area (Å²) in [5.74, 6) is -0.668. The molecule has 0 spiro atoms. The van der Waals surface area contributed by atoms with E-state index in [0.717, 1.165) is 4.68 Å². The first-order valence-corrected chi connectivity index (χ1v) is 7.11. The van der Waals surface area contributed by atoms with Gasteiger partial charge in [0.2, 0.25) is 11.8 Å². The second kappa shape index (κ2) is 7.99. The first kappa shape index (κ1) is 17.5. The Balaban J connectivity index is 2.82. The molecular formula is C12H16Cl2N4O3. The van der Waals surface area contributed by atoms with Crippen molar-refractivity contribution >= 4 is 35.0 Å². The summed E-state index contributed by atoms with van der Waals surface area (Å²) in [6.07, 6.45) is 1.19. The van der Waals surface area contributed by atoms with E-state index >= 15 is 0 Å². The molecule has 1 aromatic rings. The van der Waals surface area contributed by atoms with Gasteiger partial charge in [-0.15, -0.1) is 0 Å². The van der Waals surface area contributed by atoms with Gasteiger partial charge in [-0.2, -0.15) is 5.10 Å². The summed E-state index contributed by atoms with van der Waals surface area (Å²) in [6, 6.07) is 0. The van der Waals surface area contributed by atoms with Crippen molar-refractivity contribution in [2.45, 2.75) is 20.4 Å². The molecule has 0 radical (unpaired) electrons. The first-order valence-electron chi connectivity index (χ1n) is 6.36. The van der Waals surface area contributed by atoms with Crippen LogP contribution in [-0.2, 0) is 16.1 Å². The number of halogens is 2. The van der Waals surface area contributed by atoms with E-state index in [4.69, 9.17) is 23.2 Å². The molecule has 0 atom stereocenters. The Hall–Kier alpha value is -1.60. The highest BCUT2D eigenvalue weighted by molar-refractivity contribution is 6.41. The van der Waals surface area contributed by atoms with Crippen LogP contribution in [0.5, 0.6) is 0 Å². The summed E-state index contributed by atoms with van der Waals surface area (Å²) in [7, 11) is 0. The zero-order valence-electron chi connectivity index (χ0n) is 11.7. The third-order valence-corrected chi connectivity index (χ3v) is 3.42. The molecular weight excluding hydrogens is 319 g/mol. The first-order chi connectivity index (χ1) is 9.90. The van der Waals surface area contributed by atoms with E-state index in [1.54, 1.807) is 13.8 Å². The average Bonchev–Trinajstić information content (AvgIpc) is 2.45. The molecule has 0 bridgehead atoms. The topological polar surface area (TPSA) is 84.3 Å². The zero-order chi connectivity index (χ0) is 16.0. The lowest BCUT2D eigenvalue weighted by Gasteiger charge is -2.20. The number of nitrogens with zero attached hydrogens (tertiary/aromatic N) is 3. The molecule has 0 saturated carbocycles. The Morgan fingerprint density at radius 1 is 1.38 bits per heavy atom. The van der Waals surface area contributed by atoms with Crippen molar-refractivity contribution in [1.29, 1.82) is 0 Å². The number of amides is 2. The third kappa shape index (κ3) is 4.71. The number of hydrogen-bond donors (Lipinski definition) is 1. The van der Waals surface area contributed by atoms with E-state index in [1.165, 1.54) is 11.1 Å². The molecule has 0 fully saturated rings. The lowest BCUT2D eigenvalue weighted by Crippen LogP contribution is -2.43. The standard InChI is InChI=1S/C12H16Cl2N4O3/c1-3-15-9(19)6-17(4-2)10(20)7-18-12(21)11(14)8(13)5-16-18/h5H,3-4,6-7H2,1-2H3,(H,15,19). The minimum Gasteiger partial charge on any atom is -0.355 e. The number of nitrogens with one attached hydrogen (secondary N) is 1. The number of hydrogen-bond acceptors (Lipinski definition) is 4. The molecule has 9 heteroatoms. The molecule has 1 aromatic heterocycles. The number of likely N-dealkylation sites (N-methyl/N-ethyl adjacent to an activating group) is 2. The number of carbonyl (C=O) groups excluding carboxylic acids is 2. The van der Waals surface area contributed by atoms with Crippen molar-refractivity contribution in [3.63, 3.8) is 0 Å². The molecule has 0 saturated heterocycles. The lowest BCUT2D eigenvalue weighted by molar-refractivity contribution is -0.136. The largest absolute Gasteiger partial charge is 0.355 e. The van der Waals surface area contributed by atoms with Gasteiger partial charge in [0.1, 0.15) is 11.6 Å². The second-order valence-corrected chi connectivity index (χ2v) is 4.92. The van der Waals surface area contributed by atoms with E-state index in [9.17, 15) is 14.4 Å². The normalized spacial score (nSPS) is 10.3. The molecule has 0 aliphatic heterocycles. The summed E-state index contributed by atoms with van der Waals surface area (Å²) in [5, 5.41) is 6.19. The molecule has 1 rings (SSSR count). The van der Waals surface area contributed by atoms with Gasteiger partial charge in [-0.1, -0.05) is 23.2 Å². The van der Waals surface area contributed by atoms with Crippen LogP contribution in [0.25, 0.3) is 0 Å². The van der Waals surface area contributed by atoms with Gasteiger partial charge in [0.05, 0.1) is 17.8 Å². The maximum Gasteiger partial charge on any atom is 0.287 e. The molecule has 0 aliphatic rings. The molecule has 1 heterocycles. The Bertz CT molecular complexity index is 588. The van der Waals surface area contributed by atoms with Crippen LogP contribution in [-0.4, -0.2) is 46.1 Å². The van der Waals surface area contributed by atoms with E-state index < -0.39 is 11.5 Å². The van der Waals surface area contributed by atoms with Crippen molar-refractivity contribution in [1.82, 2.24) is 20.0 Å². The van der Waals surface area contributed by atoms with Crippen LogP contribution in [0.15, 0.2) is 11.0 Å². The fraction of sp³-hybridized carbons (Fsp3) is 0.500. The Kier molecular flexibility index (Phi) is 6.64. The summed E-state index contributed by atoms with van der Waals surface area (Å²) in [4.78, 5) is 36.7. The summed E-state index contributed by atoms with van der Waals surface area (Å²) < 4.78 is 0.914. The average molecular weight is 335 g/mol. The lowest BCUT2D eigenvalue weighted by atomic mass is 10.4. The van der Waals surface area contributed by atoms with Gasteiger partial charge < -0.3 is 10.2 Å². The van der Waals surface area contributed by atoms with Crippen LogP contribution in [0.3, 0.4) is 0 Å². The molecule has 7 nitrogen and oxygen atoms in total. The highest BCUT2D eigenvalue weighted by Crippen LogP contribution is 2.14. The minimum atomic E-state index is -0.647. The van der Waals surface area contributed by atoms with Gasteiger partial charge in [0.25, 0.3) is 5.56 Å². The highest BCUT2D eigenvalue weighted by atomic mass is 35.5. The summed E-state index contributed by atoms with van der Waals surface area (Å²) >= 11 is 11.4. The number of aromatic nitrogens is 2. The van der Waals surface area contributed by atoms with Crippen LogP contribution in [0.4, 0.5) is 0 Å². The summed E-state index contributed by atoms with van der Waals surface area (Å²) in [6.45, 7) is 3.98. The fourth-order valence-electron chi connectivity index (χ4n) is 1.59. The fourth-order valence-corrected chi connectivity index (χ4v) is 1.86. The Morgan fingerprint density at radius 2 is 2.05 bits per heavy atom. The van der Waals surface area contributed by atoms with E-state index in [0.29, 0.717) is 13.1 Å². The molecule has 2 amide bonds. The van der Waals surface area contributed by atoms with Crippen LogP contribution in [0, 0.1) is 0 Å². The van der Waals surface area contributed by atoms with Gasteiger partial charge in [-0.3, -0.25) is 14.4 Å². The minimum absolute atomic E-state index is 0.0278. The van der Waals surface area contributed by atoms with E-state index in [-0.39, 0.29) is 29.0 Å². The molecule has 0 aromatic carbocycles. The molecule has 0 unspecified atom stereocenters. The van der Waals surface area contributed by atoms with E-state index in [2.05, 4.69) is 10.4 Å². The zero-order valence-corrected chi connectivity index (χ0v) is 13.2. The molecule has 116 valence electrons. The predicted molar refractivity (Wildman–Crippen MR) is 79.5 cm³/mol. The van der Waals surface area contributed by atoms with Crippen LogP contribution >= 0.6 is 23.2 Å². The van der Waals surface area contributed by atoms with Crippen LogP contribution < -0.4 is 10.9 Å². The predicted octanol–water partition coefficient (Wildman–Crippen LogP) is 0.535. The molecule has 0 aliphatic carbocycles. The van der Waals surface area contributed by atoms with Crippen molar-refractivity contribution in [2.75, 3.05) is 19.6 Å².